The molecule has 3 aromatic heterocycles. The number of hydrogen-bond acceptors (Lipinski definition) is 8. The van der Waals surface area contributed by atoms with Gasteiger partial charge in [0, 0.05) is 10.8 Å². The van der Waals surface area contributed by atoms with Crippen LogP contribution >= 0.6 is 11.3 Å². The van der Waals surface area contributed by atoms with E-state index in [4.69, 9.17) is 13.6 Å². The number of nitrogens with one attached hydrogen (secondary N) is 1. The zero-order valence-corrected chi connectivity index (χ0v) is 15.3. The lowest BCUT2D eigenvalue weighted by Crippen LogP contribution is -2.10. The first kappa shape index (κ1) is 17.7. The average molecular weight is 399 g/mol. The minimum atomic E-state index is -0.712. The highest BCUT2D eigenvalue weighted by atomic mass is 32.1. The van der Waals surface area contributed by atoms with Crippen LogP contribution in [0.25, 0.3) is 22.4 Å². The maximum absolute atomic E-state index is 12.2. The van der Waals surface area contributed by atoms with Crippen LogP contribution < -0.4 is 10.1 Å². The number of aromatic nitrogens is 1. The van der Waals surface area contributed by atoms with Gasteiger partial charge in [0.25, 0.3) is 5.91 Å². The van der Waals surface area contributed by atoms with Crippen molar-refractivity contribution < 1.29 is 23.3 Å². The predicted molar refractivity (Wildman–Crippen MR) is 102 cm³/mol. The van der Waals surface area contributed by atoms with E-state index in [-0.39, 0.29) is 5.76 Å². The molecule has 4 rings (SSSR count). The van der Waals surface area contributed by atoms with Crippen LogP contribution in [0.1, 0.15) is 17.5 Å². The second kappa shape index (κ2) is 7.16. The van der Waals surface area contributed by atoms with E-state index in [2.05, 4.69) is 10.3 Å². The molecule has 0 unspecified atom stereocenters. The molecule has 28 heavy (non-hydrogen) atoms. The number of carbonyl (C=O) groups excluding carboxylic acids is 1. The highest BCUT2D eigenvalue weighted by molar-refractivity contribution is 7.14. The molecule has 142 valence electrons. The summed E-state index contributed by atoms with van der Waals surface area (Å²) >= 11 is 1.20. The molecule has 0 aliphatic carbocycles. The van der Waals surface area contributed by atoms with Crippen molar-refractivity contribution in [2.45, 2.75) is 6.92 Å². The van der Waals surface area contributed by atoms with Crippen molar-refractivity contribution in [3.63, 3.8) is 0 Å². The van der Waals surface area contributed by atoms with Crippen molar-refractivity contribution in [3.8, 4) is 17.2 Å². The predicted octanol–water partition coefficient (Wildman–Crippen LogP) is 4.71. The molecule has 0 fully saturated rings. The molecule has 10 heteroatoms. The highest BCUT2D eigenvalue weighted by Crippen LogP contribution is 2.34. The van der Waals surface area contributed by atoms with Gasteiger partial charge in [0.1, 0.15) is 10.6 Å². The number of para-hydroxylation sites is 1. The number of anilines is 1. The summed E-state index contributed by atoms with van der Waals surface area (Å²) in [4.78, 5) is 26.4. The Balaban J connectivity index is 1.55. The maximum atomic E-state index is 12.2. The van der Waals surface area contributed by atoms with E-state index in [9.17, 15) is 14.9 Å². The summed E-state index contributed by atoms with van der Waals surface area (Å²) in [5.74, 6) is -0.120. The van der Waals surface area contributed by atoms with Gasteiger partial charge in [-0.3, -0.25) is 20.2 Å². The number of furan rings is 2. The number of amides is 1. The molecule has 0 radical (unpaired) electrons. The third kappa shape index (κ3) is 3.32. The van der Waals surface area contributed by atoms with Gasteiger partial charge in [-0.15, -0.1) is 11.3 Å². The first-order valence-corrected chi connectivity index (χ1v) is 9.10. The fraction of sp³-hybridized carbons (Fsp3) is 0.111. The second-order valence-electron chi connectivity index (χ2n) is 5.61. The van der Waals surface area contributed by atoms with Gasteiger partial charge in [-0.25, -0.2) is 4.98 Å². The summed E-state index contributed by atoms with van der Waals surface area (Å²) in [6.45, 7) is 2.42. The van der Waals surface area contributed by atoms with Gasteiger partial charge in [-0.05, 0) is 25.1 Å². The van der Waals surface area contributed by atoms with Gasteiger partial charge >= 0.3 is 5.88 Å². The highest BCUT2D eigenvalue weighted by Gasteiger charge is 2.19. The Bertz CT molecular complexity index is 1180. The normalized spacial score (nSPS) is 10.9. The molecule has 0 bridgehead atoms. The maximum Gasteiger partial charge on any atom is 0.433 e. The minimum Gasteiger partial charge on any atom is -0.490 e. The third-order valence-electron chi connectivity index (χ3n) is 3.78. The van der Waals surface area contributed by atoms with Crippen molar-refractivity contribution in [1.29, 1.82) is 0 Å². The molecule has 0 saturated carbocycles. The Hall–Kier alpha value is -3.66. The van der Waals surface area contributed by atoms with Crippen LogP contribution in [0.3, 0.4) is 0 Å². The number of nitrogens with zero attached hydrogens (tertiary/aromatic N) is 2. The molecule has 0 aliphatic heterocycles. The Morgan fingerprint density at radius 2 is 2.18 bits per heavy atom. The quantitative estimate of drug-likeness (QED) is 0.368. The van der Waals surface area contributed by atoms with Gasteiger partial charge in [0.2, 0.25) is 0 Å². The molecule has 0 saturated heterocycles. The van der Waals surface area contributed by atoms with Crippen LogP contribution in [0.2, 0.25) is 0 Å². The topological polar surface area (TPSA) is 121 Å². The van der Waals surface area contributed by atoms with Crippen molar-refractivity contribution in [2.75, 3.05) is 11.9 Å². The van der Waals surface area contributed by atoms with Gasteiger partial charge in [-0.1, -0.05) is 12.1 Å². The third-order valence-corrected chi connectivity index (χ3v) is 4.54. The van der Waals surface area contributed by atoms with Crippen LogP contribution in [-0.2, 0) is 0 Å². The van der Waals surface area contributed by atoms with Gasteiger partial charge < -0.3 is 13.6 Å². The molecule has 4 aromatic rings. The smallest absolute Gasteiger partial charge is 0.433 e. The van der Waals surface area contributed by atoms with E-state index in [1.54, 1.807) is 5.38 Å². The van der Waals surface area contributed by atoms with E-state index < -0.39 is 16.7 Å². The van der Waals surface area contributed by atoms with Crippen LogP contribution in [0.5, 0.6) is 5.75 Å². The summed E-state index contributed by atoms with van der Waals surface area (Å²) in [6.07, 6.45) is 0. The van der Waals surface area contributed by atoms with E-state index in [1.807, 2.05) is 31.2 Å². The number of benzene rings is 1. The fourth-order valence-electron chi connectivity index (χ4n) is 2.58. The van der Waals surface area contributed by atoms with Crippen molar-refractivity contribution in [2.24, 2.45) is 0 Å². The number of nitro groups is 1. The summed E-state index contributed by atoms with van der Waals surface area (Å²) in [6, 6.07) is 9.80. The molecule has 1 aromatic carbocycles. The Kier molecular flexibility index (Phi) is 4.53. The zero-order valence-electron chi connectivity index (χ0n) is 14.5. The fourth-order valence-corrected chi connectivity index (χ4v) is 3.28. The van der Waals surface area contributed by atoms with Crippen LogP contribution in [0.15, 0.2) is 50.6 Å². The molecule has 0 aliphatic rings. The summed E-state index contributed by atoms with van der Waals surface area (Å²) in [7, 11) is 0. The van der Waals surface area contributed by atoms with E-state index in [0.29, 0.717) is 34.5 Å². The summed E-state index contributed by atoms with van der Waals surface area (Å²) < 4.78 is 16.3. The number of fused-ring (bicyclic) bond motifs is 1. The van der Waals surface area contributed by atoms with E-state index in [0.717, 1.165) is 11.5 Å². The lowest BCUT2D eigenvalue weighted by Gasteiger charge is -2.02. The van der Waals surface area contributed by atoms with Crippen molar-refractivity contribution in [1.82, 2.24) is 4.98 Å². The molecule has 3 heterocycles. The summed E-state index contributed by atoms with van der Waals surface area (Å²) in [5.41, 5.74) is 1.17. The second-order valence-corrected chi connectivity index (χ2v) is 6.46. The first-order valence-electron chi connectivity index (χ1n) is 8.22. The lowest BCUT2D eigenvalue weighted by atomic mass is 10.2. The molecule has 0 spiro atoms. The largest absolute Gasteiger partial charge is 0.490 e. The van der Waals surface area contributed by atoms with Crippen LogP contribution in [0.4, 0.5) is 11.0 Å². The molecule has 1 amide bonds. The summed E-state index contributed by atoms with van der Waals surface area (Å²) in [5, 5.41) is 16.1. The van der Waals surface area contributed by atoms with E-state index >= 15 is 0 Å². The molecule has 9 nitrogen and oxygen atoms in total. The lowest BCUT2D eigenvalue weighted by molar-refractivity contribution is -0.402. The van der Waals surface area contributed by atoms with Gasteiger partial charge in [-0.2, -0.15) is 0 Å². The zero-order chi connectivity index (χ0) is 19.7. The molecular weight excluding hydrogens is 386 g/mol. The number of hydrogen-bond donors (Lipinski definition) is 1. The van der Waals surface area contributed by atoms with E-state index in [1.165, 1.54) is 17.4 Å². The first-order chi connectivity index (χ1) is 13.5. The SMILES string of the molecule is CCOc1cccc2cc(-c3csc(NC(=O)c4ccc([N+](=O)[O-])o4)n3)oc12. The van der Waals surface area contributed by atoms with Crippen LogP contribution in [0, 0.1) is 10.1 Å². The van der Waals surface area contributed by atoms with Crippen molar-refractivity contribution >= 4 is 39.2 Å². The number of carbonyl (C=O) groups is 1. The van der Waals surface area contributed by atoms with Gasteiger partial charge in [0.15, 0.2) is 28.0 Å². The molecule has 0 atom stereocenters. The molecule has 1 N–H and O–H groups in total. The monoisotopic (exact) mass is 399 g/mol. The van der Waals surface area contributed by atoms with Crippen LogP contribution in [-0.4, -0.2) is 22.4 Å². The standard InChI is InChI=1S/C18H13N3O6S/c1-2-25-12-5-3-4-10-8-14(27-16(10)12)11-9-28-18(19-11)20-17(22)13-6-7-15(26-13)21(23)24/h3-9H,2H2,1H3,(H,19,20,22). The number of thiazole rings is 1. The Morgan fingerprint density at radius 1 is 1.32 bits per heavy atom. The average Bonchev–Trinajstić information content (AvgIpc) is 3.41. The van der Waals surface area contributed by atoms with Gasteiger partial charge in [0.05, 0.1) is 12.7 Å². The van der Waals surface area contributed by atoms with Crippen molar-refractivity contribution in [3.05, 3.63) is 57.7 Å². The molecular formula is C18H13N3O6S. The Morgan fingerprint density at radius 3 is 2.93 bits per heavy atom. The minimum absolute atomic E-state index is 0.173. The Labute approximate surface area is 161 Å². The number of ether oxygens (including phenoxy) is 1. The number of rotatable bonds is 6.